The van der Waals surface area contributed by atoms with E-state index in [0.717, 1.165) is 19.3 Å². The number of allylic oxidation sites excluding steroid dienone is 2. The molecule has 0 saturated heterocycles. The van der Waals surface area contributed by atoms with E-state index in [0.29, 0.717) is 6.42 Å². The van der Waals surface area contributed by atoms with Crippen LogP contribution in [0.25, 0.3) is 0 Å². The molecular weight excluding hydrogens is 376 g/mol. The number of hydrogen-bond acceptors (Lipinski definition) is 4. The molecule has 6 heteroatoms. The molecule has 28 heavy (non-hydrogen) atoms. The number of carbonyl (C=O) groups is 1. The van der Waals surface area contributed by atoms with Crippen LogP contribution < -0.4 is 0 Å². The fraction of sp³-hybridized carbons (Fsp3) is 0.864. The van der Waals surface area contributed by atoms with Crippen molar-refractivity contribution in [3.8, 4) is 0 Å². The van der Waals surface area contributed by atoms with Crippen molar-refractivity contribution in [2.24, 2.45) is 0 Å². The molecule has 0 aliphatic heterocycles. The Morgan fingerprint density at radius 3 is 1.54 bits per heavy atom. The smallest absolute Gasteiger partial charge is 0.325 e. The summed E-state index contributed by atoms with van der Waals surface area (Å²) < 4.78 is 32.9. The topological polar surface area (TPSA) is 80.7 Å². The van der Waals surface area contributed by atoms with E-state index in [1.54, 1.807) is 0 Å². The normalized spacial score (nSPS) is 11.9. The zero-order valence-electron chi connectivity index (χ0n) is 17.9. The van der Waals surface area contributed by atoms with Gasteiger partial charge >= 0.3 is 16.4 Å². The lowest BCUT2D eigenvalue weighted by Crippen LogP contribution is -2.11. The molecule has 166 valence electrons. The number of rotatable bonds is 20. The summed E-state index contributed by atoms with van der Waals surface area (Å²) in [6.07, 6.45) is 25.4. The van der Waals surface area contributed by atoms with Gasteiger partial charge in [0, 0.05) is 6.42 Å². The molecule has 0 fully saturated rings. The largest absolute Gasteiger partial charge is 0.448 e. The Morgan fingerprint density at radius 2 is 1.11 bits per heavy atom. The Kier molecular flexibility index (Phi) is 18.8. The van der Waals surface area contributed by atoms with Gasteiger partial charge in [-0.05, 0) is 32.1 Å². The standard InChI is InChI=1S/C22H42O5S/c1-2-3-4-5-6-7-8-9-10-11-12-13-14-15-16-17-18-19-20-21-22(23)27-28(24,25)26/h9-10H,2-8,11-21H2,1H3,(H,24,25,26). The predicted octanol–water partition coefficient (Wildman–Crippen LogP) is 6.93. The predicted molar refractivity (Wildman–Crippen MR) is 116 cm³/mol. The van der Waals surface area contributed by atoms with Gasteiger partial charge in [-0.15, -0.1) is 0 Å². The van der Waals surface area contributed by atoms with E-state index in [1.807, 2.05) is 0 Å². The van der Waals surface area contributed by atoms with Gasteiger partial charge in [-0.3, -0.25) is 9.35 Å². The second kappa shape index (κ2) is 19.4. The van der Waals surface area contributed by atoms with Crippen LogP contribution >= 0.6 is 0 Å². The first-order valence-corrected chi connectivity index (χ1v) is 12.7. The van der Waals surface area contributed by atoms with Crippen molar-refractivity contribution >= 4 is 16.4 Å². The van der Waals surface area contributed by atoms with Crippen LogP contribution in [0.15, 0.2) is 12.2 Å². The first-order valence-electron chi connectivity index (χ1n) is 11.3. The van der Waals surface area contributed by atoms with E-state index in [1.165, 1.54) is 83.5 Å². The van der Waals surface area contributed by atoms with Crippen LogP contribution in [0.5, 0.6) is 0 Å². The first-order chi connectivity index (χ1) is 13.5. The molecule has 0 aliphatic rings. The highest BCUT2D eigenvalue weighted by atomic mass is 32.3. The van der Waals surface area contributed by atoms with Crippen molar-refractivity contribution in [2.75, 3.05) is 0 Å². The van der Waals surface area contributed by atoms with Crippen LogP contribution in [0.4, 0.5) is 0 Å². The highest BCUT2D eigenvalue weighted by Crippen LogP contribution is 2.12. The van der Waals surface area contributed by atoms with Crippen molar-refractivity contribution in [1.29, 1.82) is 0 Å². The summed E-state index contributed by atoms with van der Waals surface area (Å²) >= 11 is 0. The summed E-state index contributed by atoms with van der Waals surface area (Å²) in [4.78, 5) is 11.1. The molecule has 0 bridgehead atoms. The Balaban J connectivity index is 3.21. The molecule has 0 atom stereocenters. The molecule has 0 saturated carbocycles. The van der Waals surface area contributed by atoms with E-state index in [-0.39, 0.29) is 6.42 Å². The molecular formula is C22H42O5S. The van der Waals surface area contributed by atoms with Gasteiger partial charge in [0.25, 0.3) is 0 Å². The van der Waals surface area contributed by atoms with E-state index in [9.17, 15) is 13.2 Å². The highest BCUT2D eigenvalue weighted by Gasteiger charge is 2.12. The quantitative estimate of drug-likeness (QED) is 0.132. The van der Waals surface area contributed by atoms with Gasteiger partial charge in [-0.2, -0.15) is 8.42 Å². The van der Waals surface area contributed by atoms with Crippen LogP contribution in [0.1, 0.15) is 122 Å². The third-order valence-electron chi connectivity index (χ3n) is 4.84. The molecule has 0 radical (unpaired) electrons. The van der Waals surface area contributed by atoms with Gasteiger partial charge in [-0.25, -0.2) is 0 Å². The lowest BCUT2D eigenvalue weighted by Gasteiger charge is -2.02. The Hall–Kier alpha value is -0.880. The third-order valence-corrected chi connectivity index (χ3v) is 5.24. The third kappa shape index (κ3) is 23.2. The van der Waals surface area contributed by atoms with E-state index >= 15 is 0 Å². The number of unbranched alkanes of at least 4 members (excludes halogenated alkanes) is 15. The van der Waals surface area contributed by atoms with Gasteiger partial charge in [-0.1, -0.05) is 96.1 Å². The first kappa shape index (κ1) is 27.1. The van der Waals surface area contributed by atoms with Gasteiger partial charge in [0.15, 0.2) is 0 Å². The van der Waals surface area contributed by atoms with Crippen LogP contribution in [-0.2, 0) is 19.4 Å². The maximum atomic E-state index is 11.1. The molecule has 1 N–H and O–H groups in total. The average Bonchev–Trinajstić information content (AvgIpc) is 2.62. The molecule has 0 spiro atoms. The minimum Gasteiger partial charge on any atom is -0.325 e. The van der Waals surface area contributed by atoms with Crippen LogP contribution in [0, 0.1) is 0 Å². The minimum atomic E-state index is -4.65. The van der Waals surface area contributed by atoms with Crippen molar-refractivity contribution in [1.82, 2.24) is 0 Å². The van der Waals surface area contributed by atoms with Crippen molar-refractivity contribution in [3.05, 3.63) is 12.2 Å². The molecule has 0 aromatic rings. The maximum Gasteiger partial charge on any atom is 0.448 e. The molecule has 0 aromatic heterocycles. The molecule has 0 amide bonds. The van der Waals surface area contributed by atoms with Gasteiger partial charge in [0.05, 0.1) is 0 Å². The zero-order chi connectivity index (χ0) is 20.9. The summed E-state index contributed by atoms with van der Waals surface area (Å²) in [6.45, 7) is 2.26. The summed E-state index contributed by atoms with van der Waals surface area (Å²) in [7, 11) is -4.65. The van der Waals surface area contributed by atoms with Crippen LogP contribution in [0.2, 0.25) is 0 Å². The summed E-state index contributed by atoms with van der Waals surface area (Å²) in [5.74, 6) is -0.886. The molecule has 0 unspecified atom stereocenters. The second-order valence-corrected chi connectivity index (χ2v) is 8.65. The molecule has 5 nitrogen and oxygen atoms in total. The number of carbonyl (C=O) groups excluding carboxylic acids is 1. The van der Waals surface area contributed by atoms with Crippen LogP contribution in [0.3, 0.4) is 0 Å². The lowest BCUT2D eigenvalue weighted by atomic mass is 10.1. The average molecular weight is 419 g/mol. The van der Waals surface area contributed by atoms with Crippen molar-refractivity contribution in [2.45, 2.75) is 122 Å². The Bertz CT molecular complexity index is 485. The summed E-state index contributed by atoms with van der Waals surface area (Å²) in [5, 5.41) is 0. The molecule has 0 aliphatic carbocycles. The lowest BCUT2D eigenvalue weighted by molar-refractivity contribution is -0.134. The fourth-order valence-corrected chi connectivity index (χ4v) is 3.52. The van der Waals surface area contributed by atoms with Gasteiger partial charge < -0.3 is 4.18 Å². The molecule has 0 rings (SSSR count). The Labute approximate surface area is 173 Å². The molecule has 0 aromatic carbocycles. The zero-order valence-corrected chi connectivity index (χ0v) is 18.7. The Morgan fingerprint density at radius 1 is 0.714 bits per heavy atom. The van der Waals surface area contributed by atoms with E-state index < -0.39 is 16.4 Å². The summed E-state index contributed by atoms with van der Waals surface area (Å²) in [6, 6.07) is 0. The SMILES string of the molecule is CCCCCCCCC=CCCCCCCCCCCCC(=O)OS(=O)(=O)O. The minimum absolute atomic E-state index is 0.0339. The van der Waals surface area contributed by atoms with Crippen LogP contribution in [-0.4, -0.2) is 18.9 Å². The number of hydrogen-bond donors (Lipinski definition) is 1. The van der Waals surface area contributed by atoms with Gasteiger partial charge in [0.1, 0.15) is 0 Å². The fourth-order valence-electron chi connectivity index (χ4n) is 3.21. The summed E-state index contributed by atoms with van der Waals surface area (Å²) in [5.41, 5.74) is 0. The highest BCUT2D eigenvalue weighted by molar-refractivity contribution is 7.81. The van der Waals surface area contributed by atoms with Crippen molar-refractivity contribution < 1.29 is 21.9 Å². The monoisotopic (exact) mass is 418 g/mol. The van der Waals surface area contributed by atoms with Gasteiger partial charge in [0.2, 0.25) is 0 Å². The van der Waals surface area contributed by atoms with E-state index in [4.69, 9.17) is 4.55 Å². The van der Waals surface area contributed by atoms with Crippen molar-refractivity contribution in [3.63, 3.8) is 0 Å². The maximum absolute atomic E-state index is 11.1. The van der Waals surface area contributed by atoms with E-state index in [2.05, 4.69) is 23.3 Å². The molecule has 0 heterocycles. The second-order valence-electron chi connectivity index (χ2n) is 7.63.